The molecular weight excluding hydrogens is 204 g/mol. The van der Waals surface area contributed by atoms with E-state index in [4.69, 9.17) is 11.1 Å². The molecule has 1 aliphatic rings. The summed E-state index contributed by atoms with van der Waals surface area (Å²) in [4.78, 5) is 11.4. The molecule has 0 aromatic heterocycles. The second kappa shape index (κ2) is 4.22. The Kier molecular flexibility index (Phi) is 2.76. The Labute approximate surface area is 93.5 Å². The molecule has 0 saturated heterocycles. The number of carbonyl (C=O) groups excluding carboxylic acids is 1. The summed E-state index contributed by atoms with van der Waals surface area (Å²) >= 11 is 0. The van der Waals surface area contributed by atoms with Crippen LogP contribution in [0.3, 0.4) is 0 Å². The van der Waals surface area contributed by atoms with E-state index >= 15 is 0 Å². The highest BCUT2D eigenvalue weighted by molar-refractivity contribution is 5.96. The average molecular weight is 218 g/mol. The highest BCUT2D eigenvalue weighted by atomic mass is 16.2. The number of urea groups is 1. The van der Waals surface area contributed by atoms with E-state index in [9.17, 15) is 4.79 Å². The molecule has 1 saturated carbocycles. The fourth-order valence-corrected chi connectivity index (χ4v) is 1.31. The molecule has 0 bridgehead atoms. The van der Waals surface area contributed by atoms with E-state index in [2.05, 4.69) is 10.6 Å². The van der Waals surface area contributed by atoms with Crippen LogP contribution in [-0.2, 0) is 0 Å². The van der Waals surface area contributed by atoms with Crippen molar-refractivity contribution in [3.8, 4) is 0 Å². The second-order valence-corrected chi connectivity index (χ2v) is 3.86. The van der Waals surface area contributed by atoms with Gasteiger partial charge >= 0.3 is 6.03 Å². The van der Waals surface area contributed by atoms with Gasteiger partial charge in [0, 0.05) is 17.3 Å². The first-order valence-corrected chi connectivity index (χ1v) is 5.17. The normalized spacial score (nSPS) is 14.2. The molecule has 5 nitrogen and oxygen atoms in total. The Morgan fingerprint density at radius 3 is 2.44 bits per heavy atom. The first-order valence-electron chi connectivity index (χ1n) is 5.17. The molecule has 0 atom stereocenters. The van der Waals surface area contributed by atoms with E-state index in [1.54, 1.807) is 24.3 Å². The van der Waals surface area contributed by atoms with E-state index in [-0.39, 0.29) is 11.9 Å². The lowest BCUT2D eigenvalue weighted by Crippen LogP contribution is -2.30. The average Bonchev–Trinajstić information content (AvgIpc) is 3.02. The number of rotatable bonds is 3. The Balaban J connectivity index is 1.93. The van der Waals surface area contributed by atoms with Crippen molar-refractivity contribution >= 4 is 17.6 Å². The van der Waals surface area contributed by atoms with E-state index < -0.39 is 0 Å². The summed E-state index contributed by atoms with van der Waals surface area (Å²) in [6, 6.07) is 7.02. The quantitative estimate of drug-likeness (QED) is 0.454. The maximum Gasteiger partial charge on any atom is 0.319 e. The highest BCUT2D eigenvalue weighted by Gasteiger charge is 2.23. The number of benzene rings is 1. The van der Waals surface area contributed by atoms with Crippen molar-refractivity contribution in [3.05, 3.63) is 29.8 Å². The maximum atomic E-state index is 11.4. The monoisotopic (exact) mass is 218 g/mol. The van der Waals surface area contributed by atoms with Gasteiger partial charge in [-0.15, -0.1) is 0 Å². The van der Waals surface area contributed by atoms with Crippen LogP contribution in [0.25, 0.3) is 0 Å². The fourth-order valence-electron chi connectivity index (χ4n) is 1.31. The van der Waals surface area contributed by atoms with Gasteiger partial charge in [-0.05, 0) is 37.1 Å². The standard InChI is InChI=1S/C11H14N4O/c12-10(13)7-1-3-8(4-2-7)14-11(16)15-9-5-6-9/h1-4,9H,5-6H2,(H3,12,13)(H2,14,15,16). The first kappa shape index (κ1) is 10.5. The van der Waals surface area contributed by atoms with E-state index in [0.29, 0.717) is 17.3 Å². The number of nitrogens with two attached hydrogens (primary N) is 1. The minimum atomic E-state index is -0.182. The molecule has 2 rings (SSSR count). The lowest BCUT2D eigenvalue weighted by molar-refractivity contribution is 0.251. The number of nitrogens with one attached hydrogen (secondary N) is 3. The van der Waals surface area contributed by atoms with Crippen LogP contribution in [0.4, 0.5) is 10.5 Å². The van der Waals surface area contributed by atoms with Gasteiger partial charge in [0.2, 0.25) is 0 Å². The third-order valence-corrected chi connectivity index (χ3v) is 2.37. The first-order chi connectivity index (χ1) is 7.65. The van der Waals surface area contributed by atoms with Gasteiger partial charge < -0.3 is 16.4 Å². The summed E-state index contributed by atoms with van der Waals surface area (Å²) in [6.45, 7) is 0. The van der Waals surface area contributed by atoms with Gasteiger partial charge in [0.05, 0.1) is 0 Å². The molecule has 1 fully saturated rings. The maximum absolute atomic E-state index is 11.4. The third kappa shape index (κ3) is 2.73. The smallest absolute Gasteiger partial charge is 0.319 e. The minimum Gasteiger partial charge on any atom is -0.384 e. The van der Waals surface area contributed by atoms with Gasteiger partial charge in [-0.25, -0.2) is 4.79 Å². The molecule has 0 unspecified atom stereocenters. The fraction of sp³-hybridized carbons (Fsp3) is 0.273. The number of hydrogen-bond acceptors (Lipinski definition) is 2. The molecule has 0 aliphatic heterocycles. The predicted molar refractivity (Wildman–Crippen MR) is 62.6 cm³/mol. The topological polar surface area (TPSA) is 91.0 Å². The lowest BCUT2D eigenvalue weighted by Gasteiger charge is -2.06. The zero-order valence-corrected chi connectivity index (χ0v) is 8.79. The van der Waals surface area contributed by atoms with Crippen LogP contribution in [0, 0.1) is 5.41 Å². The van der Waals surface area contributed by atoms with Gasteiger partial charge in [-0.3, -0.25) is 5.41 Å². The van der Waals surface area contributed by atoms with Gasteiger partial charge in [-0.2, -0.15) is 0 Å². The molecule has 1 aromatic carbocycles. The summed E-state index contributed by atoms with van der Waals surface area (Å²) in [5.41, 5.74) is 6.67. The van der Waals surface area contributed by atoms with Crippen molar-refractivity contribution in [1.29, 1.82) is 5.41 Å². The molecule has 5 heteroatoms. The van der Waals surface area contributed by atoms with Gasteiger partial charge in [0.15, 0.2) is 0 Å². The Bertz CT molecular complexity index is 408. The van der Waals surface area contributed by atoms with Gasteiger partial charge in [0.1, 0.15) is 5.84 Å². The number of hydrogen-bond donors (Lipinski definition) is 4. The van der Waals surface area contributed by atoms with Crippen LogP contribution in [0.5, 0.6) is 0 Å². The van der Waals surface area contributed by atoms with E-state index in [1.165, 1.54) is 0 Å². The van der Waals surface area contributed by atoms with Crippen molar-refractivity contribution in [1.82, 2.24) is 5.32 Å². The van der Waals surface area contributed by atoms with Crippen LogP contribution < -0.4 is 16.4 Å². The zero-order valence-electron chi connectivity index (χ0n) is 8.79. The second-order valence-electron chi connectivity index (χ2n) is 3.86. The molecule has 16 heavy (non-hydrogen) atoms. The van der Waals surface area contributed by atoms with Crippen LogP contribution in [0.1, 0.15) is 18.4 Å². The molecule has 0 spiro atoms. The number of anilines is 1. The number of nitrogen functional groups attached to an aromatic ring is 1. The minimum absolute atomic E-state index is 0.0222. The van der Waals surface area contributed by atoms with Gasteiger partial charge in [-0.1, -0.05) is 0 Å². The van der Waals surface area contributed by atoms with Crippen molar-refractivity contribution in [3.63, 3.8) is 0 Å². The molecule has 84 valence electrons. The summed E-state index contributed by atoms with van der Waals surface area (Å²) < 4.78 is 0. The molecule has 5 N–H and O–H groups in total. The van der Waals surface area contributed by atoms with Crippen LogP contribution >= 0.6 is 0 Å². The number of amides is 2. The number of carbonyl (C=O) groups is 1. The largest absolute Gasteiger partial charge is 0.384 e. The van der Waals surface area contributed by atoms with Crippen LogP contribution in [0.15, 0.2) is 24.3 Å². The van der Waals surface area contributed by atoms with Crippen molar-refractivity contribution in [2.24, 2.45) is 5.73 Å². The third-order valence-electron chi connectivity index (χ3n) is 2.37. The van der Waals surface area contributed by atoms with E-state index in [1.807, 2.05) is 0 Å². The van der Waals surface area contributed by atoms with E-state index in [0.717, 1.165) is 12.8 Å². The Morgan fingerprint density at radius 1 is 1.31 bits per heavy atom. The molecule has 1 aromatic rings. The number of amidine groups is 1. The molecule has 1 aliphatic carbocycles. The molecular formula is C11H14N4O. The summed E-state index contributed by atoms with van der Waals surface area (Å²) in [5, 5.41) is 12.8. The zero-order chi connectivity index (χ0) is 11.5. The molecule has 2 amide bonds. The Hall–Kier alpha value is -2.04. The predicted octanol–water partition coefficient (Wildman–Crippen LogP) is 1.25. The summed E-state index contributed by atoms with van der Waals surface area (Å²) in [7, 11) is 0. The molecule has 0 heterocycles. The van der Waals surface area contributed by atoms with Crippen LogP contribution in [-0.4, -0.2) is 17.9 Å². The van der Waals surface area contributed by atoms with Crippen molar-refractivity contribution in [2.75, 3.05) is 5.32 Å². The SMILES string of the molecule is N=C(N)c1ccc(NC(=O)NC2CC2)cc1. The Morgan fingerprint density at radius 2 is 1.94 bits per heavy atom. The highest BCUT2D eigenvalue weighted by Crippen LogP contribution is 2.18. The molecule has 0 radical (unpaired) electrons. The van der Waals surface area contributed by atoms with Crippen LogP contribution in [0.2, 0.25) is 0 Å². The van der Waals surface area contributed by atoms with Crippen molar-refractivity contribution in [2.45, 2.75) is 18.9 Å². The lowest BCUT2D eigenvalue weighted by atomic mass is 10.2. The van der Waals surface area contributed by atoms with Crippen molar-refractivity contribution < 1.29 is 4.79 Å². The van der Waals surface area contributed by atoms with Gasteiger partial charge in [0.25, 0.3) is 0 Å². The summed E-state index contributed by atoms with van der Waals surface area (Å²) in [6.07, 6.45) is 2.13. The summed E-state index contributed by atoms with van der Waals surface area (Å²) in [5.74, 6) is 0.0222.